The molecule has 2 rings (SSSR count). The molecule has 0 saturated heterocycles. The number of aromatic nitrogens is 1. The van der Waals surface area contributed by atoms with Crippen molar-refractivity contribution in [3.05, 3.63) is 52.5 Å². The van der Waals surface area contributed by atoms with Gasteiger partial charge in [-0.1, -0.05) is 29.8 Å². The van der Waals surface area contributed by atoms with Crippen LogP contribution in [-0.4, -0.2) is 11.0 Å². The van der Waals surface area contributed by atoms with Crippen molar-refractivity contribution in [2.24, 2.45) is 0 Å². The fraction of sp³-hybridized carbons (Fsp3) is 0.267. The molecule has 2 aromatic rings. The van der Waals surface area contributed by atoms with Gasteiger partial charge >= 0.3 is 0 Å². The van der Waals surface area contributed by atoms with Gasteiger partial charge in [-0.2, -0.15) is 0 Å². The van der Waals surface area contributed by atoms with Gasteiger partial charge in [0.15, 0.2) is 0 Å². The summed E-state index contributed by atoms with van der Waals surface area (Å²) in [7, 11) is 0. The lowest BCUT2D eigenvalue weighted by atomic mass is 10.2. The van der Waals surface area contributed by atoms with Crippen molar-refractivity contribution in [1.29, 1.82) is 0 Å². The lowest BCUT2D eigenvalue weighted by Crippen LogP contribution is -2.21. The summed E-state index contributed by atoms with van der Waals surface area (Å²) < 4.78 is 19.5. The Kier molecular flexibility index (Phi) is 5.09. The molecule has 1 aromatic heterocycles. The van der Waals surface area contributed by atoms with Crippen molar-refractivity contribution in [2.75, 3.05) is 0 Å². The normalized spacial score (nSPS) is 10.8. The van der Waals surface area contributed by atoms with Crippen LogP contribution in [0.3, 0.4) is 0 Å². The summed E-state index contributed by atoms with van der Waals surface area (Å²) >= 11 is 3.24. The standard InChI is InChI=1S/C15H16BrFN2O/c1-10(2)19-8-11-3-15(9-18-7-11)20-14-5-12(16)4-13(17)6-14/h3-7,9-10,19H,8H2,1-2H3. The van der Waals surface area contributed by atoms with E-state index in [1.54, 1.807) is 18.5 Å². The Morgan fingerprint density at radius 2 is 2.00 bits per heavy atom. The van der Waals surface area contributed by atoms with E-state index in [1.807, 2.05) is 6.07 Å². The molecule has 0 amide bonds. The summed E-state index contributed by atoms with van der Waals surface area (Å²) in [6.45, 7) is 4.88. The molecule has 0 fully saturated rings. The maximum absolute atomic E-state index is 13.3. The summed E-state index contributed by atoms with van der Waals surface area (Å²) in [5.74, 6) is 0.679. The molecule has 0 bridgehead atoms. The number of pyridine rings is 1. The van der Waals surface area contributed by atoms with Gasteiger partial charge in [-0.15, -0.1) is 0 Å². The number of nitrogens with one attached hydrogen (secondary N) is 1. The summed E-state index contributed by atoms with van der Waals surface area (Å²) in [6, 6.07) is 6.72. The van der Waals surface area contributed by atoms with Crippen LogP contribution >= 0.6 is 15.9 Å². The van der Waals surface area contributed by atoms with Crippen molar-refractivity contribution in [1.82, 2.24) is 10.3 Å². The molecule has 1 N–H and O–H groups in total. The molecular formula is C15H16BrFN2O. The maximum Gasteiger partial charge on any atom is 0.146 e. The van der Waals surface area contributed by atoms with Crippen LogP contribution in [-0.2, 0) is 6.54 Å². The minimum atomic E-state index is -0.347. The summed E-state index contributed by atoms with van der Waals surface area (Å²) in [5.41, 5.74) is 1.02. The second kappa shape index (κ2) is 6.81. The first kappa shape index (κ1) is 14.9. The molecular weight excluding hydrogens is 323 g/mol. The van der Waals surface area contributed by atoms with Gasteiger partial charge in [-0.3, -0.25) is 4.98 Å². The molecule has 3 nitrogen and oxygen atoms in total. The second-order valence-corrected chi connectivity index (χ2v) is 5.69. The zero-order chi connectivity index (χ0) is 14.5. The third-order valence-corrected chi connectivity index (χ3v) is 3.01. The van der Waals surface area contributed by atoms with E-state index in [1.165, 1.54) is 12.1 Å². The van der Waals surface area contributed by atoms with Crippen molar-refractivity contribution in [3.8, 4) is 11.5 Å². The lowest BCUT2D eigenvalue weighted by molar-refractivity contribution is 0.472. The average Bonchev–Trinajstić information content (AvgIpc) is 2.35. The second-order valence-electron chi connectivity index (χ2n) is 4.77. The average molecular weight is 339 g/mol. The molecule has 1 aromatic carbocycles. The third kappa shape index (κ3) is 4.58. The van der Waals surface area contributed by atoms with E-state index in [0.717, 1.165) is 5.56 Å². The van der Waals surface area contributed by atoms with E-state index in [2.05, 4.69) is 40.1 Å². The van der Waals surface area contributed by atoms with Crippen LogP contribution in [0.2, 0.25) is 0 Å². The predicted octanol–water partition coefficient (Wildman–Crippen LogP) is 4.27. The topological polar surface area (TPSA) is 34.2 Å². The first-order valence-electron chi connectivity index (χ1n) is 6.34. The number of nitrogens with zero attached hydrogens (tertiary/aromatic N) is 1. The van der Waals surface area contributed by atoms with Crippen LogP contribution in [0.15, 0.2) is 41.1 Å². The molecule has 0 aliphatic heterocycles. The number of hydrogen-bond donors (Lipinski definition) is 1. The highest BCUT2D eigenvalue weighted by molar-refractivity contribution is 9.10. The van der Waals surface area contributed by atoms with E-state index in [-0.39, 0.29) is 5.82 Å². The van der Waals surface area contributed by atoms with Gasteiger partial charge < -0.3 is 10.1 Å². The van der Waals surface area contributed by atoms with Crippen molar-refractivity contribution in [3.63, 3.8) is 0 Å². The summed E-state index contributed by atoms with van der Waals surface area (Å²) in [5, 5.41) is 3.31. The maximum atomic E-state index is 13.3. The Hall–Kier alpha value is -1.46. The van der Waals surface area contributed by atoms with Crippen LogP contribution in [0, 0.1) is 5.82 Å². The SMILES string of the molecule is CC(C)NCc1cncc(Oc2cc(F)cc(Br)c2)c1. The quantitative estimate of drug-likeness (QED) is 0.883. The van der Waals surface area contributed by atoms with E-state index >= 15 is 0 Å². The van der Waals surface area contributed by atoms with E-state index < -0.39 is 0 Å². The first-order valence-corrected chi connectivity index (χ1v) is 7.13. The lowest BCUT2D eigenvalue weighted by Gasteiger charge is -2.10. The van der Waals surface area contributed by atoms with Crippen LogP contribution in [0.5, 0.6) is 11.5 Å². The van der Waals surface area contributed by atoms with Crippen LogP contribution in [0.4, 0.5) is 4.39 Å². The fourth-order valence-corrected chi connectivity index (χ4v) is 2.11. The number of benzene rings is 1. The van der Waals surface area contributed by atoms with Gasteiger partial charge in [-0.05, 0) is 23.8 Å². The Labute approximate surface area is 126 Å². The van der Waals surface area contributed by atoms with Gasteiger partial charge in [0, 0.05) is 29.3 Å². The molecule has 0 radical (unpaired) electrons. The van der Waals surface area contributed by atoms with Gasteiger partial charge in [-0.25, -0.2) is 4.39 Å². The first-order chi connectivity index (χ1) is 9.52. The van der Waals surface area contributed by atoms with Crippen molar-refractivity contribution < 1.29 is 9.13 Å². The van der Waals surface area contributed by atoms with Gasteiger partial charge in [0.25, 0.3) is 0 Å². The molecule has 5 heteroatoms. The molecule has 106 valence electrons. The molecule has 1 heterocycles. The van der Waals surface area contributed by atoms with Gasteiger partial charge in [0.05, 0.1) is 6.20 Å². The molecule has 0 atom stereocenters. The van der Waals surface area contributed by atoms with Crippen LogP contribution in [0.25, 0.3) is 0 Å². The van der Waals surface area contributed by atoms with Crippen LogP contribution in [0.1, 0.15) is 19.4 Å². The molecule has 0 aliphatic carbocycles. The van der Waals surface area contributed by atoms with Gasteiger partial charge in [0.1, 0.15) is 17.3 Å². The smallest absolute Gasteiger partial charge is 0.146 e. The highest BCUT2D eigenvalue weighted by Gasteiger charge is 2.04. The number of hydrogen-bond acceptors (Lipinski definition) is 3. The predicted molar refractivity (Wildman–Crippen MR) is 80.4 cm³/mol. The van der Waals surface area contributed by atoms with Crippen molar-refractivity contribution in [2.45, 2.75) is 26.4 Å². The molecule has 0 aliphatic rings. The Morgan fingerprint density at radius 1 is 1.20 bits per heavy atom. The van der Waals surface area contributed by atoms with E-state index in [0.29, 0.717) is 28.6 Å². The molecule has 0 spiro atoms. The molecule has 0 unspecified atom stereocenters. The fourth-order valence-electron chi connectivity index (χ4n) is 1.66. The minimum Gasteiger partial charge on any atom is -0.456 e. The highest BCUT2D eigenvalue weighted by Crippen LogP contribution is 2.25. The largest absolute Gasteiger partial charge is 0.456 e. The van der Waals surface area contributed by atoms with Gasteiger partial charge in [0.2, 0.25) is 0 Å². The zero-order valence-electron chi connectivity index (χ0n) is 11.4. The number of rotatable bonds is 5. The molecule has 0 saturated carbocycles. The third-order valence-electron chi connectivity index (χ3n) is 2.56. The van der Waals surface area contributed by atoms with Crippen molar-refractivity contribution >= 4 is 15.9 Å². The van der Waals surface area contributed by atoms with E-state index in [9.17, 15) is 4.39 Å². The highest BCUT2D eigenvalue weighted by atomic mass is 79.9. The number of halogens is 2. The number of ether oxygens (including phenoxy) is 1. The van der Waals surface area contributed by atoms with Crippen LogP contribution < -0.4 is 10.1 Å². The summed E-state index contributed by atoms with van der Waals surface area (Å²) in [6.07, 6.45) is 3.39. The zero-order valence-corrected chi connectivity index (χ0v) is 12.9. The van der Waals surface area contributed by atoms with E-state index in [4.69, 9.17) is 4.74 Å². The summed E-state index contributed by atoms with van der Waals surface area (Å²) in [4.78, 5) is 4.13. The Balaban J connectivity index is 2.11. The minimum absolute atomic E-state index is 0.347. The molecule has 20 heavy (non-hydrogen) atoms. The Bertz CT molecular complexity index is 570. The monoisotopic (exact) mass is 338 g/mol. The Morgan fingerprint density at radius 3 is 2.70 bits per heavy atom.